The largest absolute Gasteiger partial charge is 0.384 e. The Bertz CT molecular complexity index is 1090. The summed E-state index contributed by atoms with van der Waals surface area (Å²) in [5, 5.41) is 10.1. The van der Waals surface area contributed by atoms with E-state index in [1.165, 1.54) is 13.2 Å². The van der Waals surface area contributed by atoms with Crippen LogP contribution >= 0.6 is 15.9 Å². The van der Waals surface area contributed by atoms with Crippen molar-refractivity contribution in [1.29, 1.82) is 0 Å². The molecule has 0 spiro atoms. The van der Waals surface area contributed by atoms with E-state index < -0.39 is 17.9 Å². The van der Waals surface area contributed by atoms with Crippen molar-refractivity contribution in [3.63, 3.8) is 0 Å². The Kier molecular flexibility index (Phi) is 6.68. The van der Waals surface area contributed by atoms with E-state index >= 15 is 0 Å². The highest BCUT2D eigenvalue weighted by Gasteiger charge is 2.33. The molecule has 1 aromatic heterocycles. The number of rotatable bonds is 7. The molecule has 4 rings (SSSR count). The second-order valence-electron chi connectivity index (χ2n) is 7.59. The number of halogens is 3. The first-order valence-electron chi connectivity index (χ1n) is 9.84. The van der Waals surface area contributed by atoms with Crippen LogP contribution in [0.4, 0.5) is 8.78 Å². The molecule has 2 heterocycles. The van der Waals surface area contributed by atoms with Crippen LogP contribution in [-0.4, -0.2) is 48.7 Å². The van der Waals surface area contributed by atoms with Gasteiger partial charge in [-0.1, -0.05) is 6.07 Å². The molecular weight excluding hydrogens is 474 g/mol. The lowest BCUT2D eigenvalue weighted by Gasteiger charge is -2.22. The quantitative estimate of drug-likeness (QED) is 0.393. The molecule has 0 saturated carbocycles. The predicted molar refractivity (Wildman–Crippen MR) is 114 cm³/mol. The van der Waals surface area contributed by atoms with Gasteiger partial charge in [-0.05, 0) is 45.8 Å². The lowest BCUT2D eigenvalue weighted by atomic mass is 10.0. The Morgan fingerprint density at radius 3 is 2.77 bits per heavy atom. The third kappa shape index (κ3) is 4.38. The summed E-state index contributed by atoms with van der Waals surface area (Å²) in [7, 11) is 3.05. The van der Waals surface area contributed by atoms with Gasteiger partial charge in [0.2, 0.25) is 0 Å². The SMILES string of the molecule is COC[C@H]1COC[C@H]1n1c(Cc2cc(F)c(Br)cc2F)nc2ccc(C(O)OC)cc21. The van der Waals surface area contributed by atoms with Gasteiger partial charge < -0.3 is 23.9 Å². The minimum Gasteiger partial charge on any atom is -0.384 e. The Morgan fingerprint density at radius 1 is 1.23 bits per heavy atom. The first kappa shape index (κ1) is 22.3. The van der Waals surface area contributed by atoms with Crippen LogP contribution in [0.3, 0.4) is 0 Å². The molecule has 166 valence electrons. The maximum absolute atomic E-state index is 14.6. The zero-order valence-corrected chi connectivity index (χ0v) is 18.7. The monoisotopic (exact) mass is 496 g/mol. The number of aliphatic hydroxyl groups excluding tert-OH is 1. The topological polar surface area (TPSA) is 65.7 Å². The molecule has 6 nitrogen and oxygen atoms in total. The zero-order chi connectivity index (χ0) is 22.1. The number of nitrogens with zero attached hydrogens (tertiary/aromatic N) is 2. The van der Waals surface area contributed by atoms with E-state index in [0.717, 1.165) is 11.6 Å². The number of benzene rings is 2. The van der Waals surface area contributed by atoms with Crippen molar-refractivity contribution in [2.75, 3.05) is 34.0 Å². The summed E-state index contributed by atoms with van der Waals surface area (Å²) < 4.78 is 46.8. The van der Waals surface area contributed by atoms with Gasteiger partial charge in [-0.2, -0.15) is 0 Å². The standard InChI is InChI=1S/C22H23BrF2N2O4/c1-29-9-14-10-31-11-20(14)27-19-6-12(22(28)30-2)3-4-18(19)26-21(27)7-13-5-17(25)15(23)8-16(13)24/h3-6,8,14,20,22,28H,7,9-11H2,1-2H3/t14-,20+,22?/m0/s1. The Labute approximate surface area is 186 Å². The summed E-state index contributed by atoms with van der Waals surface area (Å²) in [5.74, 6) is -0.399. The molecule has 1 saturated heterocycles. The van der Waals surface area contributed by atoms with Crippen LogP contribution in [0.25, 0.3) is 11.0 Å². The third-order valence-corrected chi connectivity index (χ3v) is 6.22. The maximum atomic E-state index is 14.6. The van der Waals surface area contributed by atoms with Gasteiger partial charge in [-0.25, -0.2) is 13.8 Å². The van der Waals surface area contributed by atoms with Crippen molar-refractivity contribution in [3.05, 3.63) is 63.4 Å². The van der Waals surface area contributed by atoms with Crippen LogP contribution in [0, 0.1) is 17.6 Å². The molecule has 31 heavy (non-hydrogen) atoms. The van der Waals surface area contributed by atoms with Gasteiger partial charge in [0, 0.05) is 32.1 Å². The molecule has 1 fully saturated rings. The van der Waals surface area contributed by atoms with Crippen LogP contribution in [-0.2, 0) is 20.6 Å². The number of hydrogen-bond donors (Lipinski definition) is 1. The highest BCUT2D eigenvalue weighted by atomic mass is 79.9. The van der Waals surface area contributed by atoms with Crippen LogP contribution in [0.2, 0.25) is 0 Å². The van der Waals surface area contributed by atoms with E-state index in [1.807, 2.05) is 4.57 Å². The molecule has 0 radical (unpaired) electrons. The number of fused-ring (bicyclic) bond motifs is 1. The number of methoxy groups -OCH3 is 2. The lowest BCUT2D eigenvalue weighted by molar-refractivity contribution is -0.0768. The van der Waals surface area contributed by atoms with Crippen molar-refractivity contribution >= 4 is 27.0 Å². The molecule has 2 aromatic carbocycles. The van der Waals surface area contributed by atoms with Gasteiger partial charge in [0.25, 0.3) is 0 Å². The average molecular weight is 497 g/mol. The first-order valence-corrected chi connectivity index (χ1v) is 10.6. The summed E-state index contributed by atoms with van der Waals surface area (Å²) >= 11 is 3.01. The molecule has 3 aromatic rings. The minimum atomic E-state index is -1.08. The fourth-order valence-corrected chi connectivity index (χ4v) is 4.38. The molecule has 0 bridgehead atoms. The molecule has 0 amide bonds. The molecule has 1 aliphatic heterocycles. The van der Waals surface area contributed by atoms with E-state index in [9.17, 15) is 13.9 Å². The summed E-state index contributed by atoms with van der Waals surface area (Å²) in [6, 6.07) is 7.53. The number of ether oxygens (including phenoxy) is 3. The van der Waals surface area contributed by atoms with Crippen molar-refractivity contribution in [2.24, 2.45) is 5.92 Å². The van der Waals surface area contributed by atoms with E-state index in [-0.39, 0.29) is 28.4 Å². The first-order chi connectivity index (χ1) is 14.9. The number of imidazole rings is 1. The fraction of sp³-hybridized carbons (Fsp3) is 0.409. The van der Waals surface area contributed by atoms with Gasteiger partial charge in [0.05, 0.1) is 41.4 Å². The van der Waals surface area contributed by atoms with Gasteiger partial charge in [0.1, 0.15) is 17.5 Å². The van der Waals surface area contributed by atoms with Crippen LogP contribution in [0.1, 0.15) is 29.3 Å². The van der Waals surface area contributed by atoms with Gasteiger partial charge >= 0.3 is 0 Å². The van der Waals surface area contributed by atoms with E-state index in [4.69, 9.17) is 19.2 Å². The molecule has 1 aliphatic rings. The number of aromatic nitrogens is 2. The normalized spacial score (nSPS) is 19.9. The molecule has 3 atom stereocenters. The predicted octanol–water partition coefficient (Wildman–Crippen LogP) is 4.14. The lowest BCUT2D eigenvalue weighted by Crippen LogP contribution is -2.23. The summed E-state index contributed by atoms with van der Waals surface area (Å²) in [6.45, 7) is 1.46. The molecule has 0 aliphatic carbocycles. The average Bonchev–Trinajstić information content (AvgIpc) is 3.34. The summed E-state index contributed by atoms with van der Waals surface area (Å²) in [6.07, 6.45) is -0.980. The van der Waals surface area contributed by atoms with Crippen LogP contribution in [0.15, 0.2) is 34.8 Å². The molecule has 1 unspecified atom stereocenters. The Hall–Kier alpha value is -1.91. The maximum Gasteiger partial charge on any atom is 0.180 e. The van der Waals surface area contributed by atoms with Gasteiger partial charge in [0.15, 0.2) is 6.29 Å². The van der Waals surface area contributed by atoms with Crippen molar-refractivity contribution in [3.8, 4) is 0 Å². The van der Waals surface area contributed by atoms with Crippen molar-refractivity contribution in [1.82, 2.24) is 9.55 Å². The van der Waals surface area contributed by atoms with Crippen molar-refractivity contribution in [2.45, 2.75) is 18.8 Å². The molecule has 1 N–H and O–H groups in total. The molecular formula is C22H23BrF2N2O4. The fourth-order valence-electron chi connectivity index (χ4n) is 4.06. The van der Waals surface area contributed by atoms with Crippen molar-refractivity contribution < 1.29 is 28.1 Å². The number of hydrogen-bond acceptors (Lipinski definition) is 5. The van der Waals surface area contributed by atoms with Crippen LogP contribution in [0.5, 0.6) is 0 Å². The van der Waals surface area contributed by atoms with Gasteiger partial charge in [-0.15, -0.1) is 0 Å². The third-order valence-electron chi connectivity index (χ3n) is 5.61. The highest BCUT2D eigenvalue weighted by Crippen LogP contribution is 2.34. The second kappa shape index (κ2) is 9.30. The number of aliphatic hydroxyl groups is 1. The van der Waals surface area contributed by atoms with E-state index in [2.05, 4.69) is 15.9 Å². The van der Waals surface area contributed by atoms with Gasteiger partial charge in [-0.3, -0.25) is 0 Å². The van der Waals surface area contributed by atoms with Crippen LogP contribution < -0.4 is 0 Å². The van der Waals surface area contributed by atoms with E-state index in [1.54, 1.807) is 25.3 Å². The zero-order valence-electron chi connectivity index (χ0n) is 17.1. The summed E-state index contributed by atoms with van der Waals surface area (Å²) in [4.78, 5) is 4.71. The smallest absolute Gasteiger partial charge is 0.180 e. The minimum absolute atomic E-state index is 0.0728. The second-order valence-corrected chi connectivity index (χ2v) is 8.44. The summed E-state index contributed by atoms with van der Waals surface area (Å²) in [5.41, 5.74) is 2.23. The van der Waals surface area contributed by atoms with E-state index in [0.29, 0.717) is 36.7 Å². The highest BCUT2D eigenvalue weighted by molar-refractivity contribution is 9.10. The molecule has 9 heteroatoms. The Balaban J connectivity index is 1.85. The Morgan fingerprint density at radius 2 is 2.03 bits per heavy atom.